The topological polar surface area (TPSA) is 67.7 Å². The largest absolute Gasteiger partial charge is 0.379 e. The Morgan fingerprint density at radius 3 is 2.75 bits per heavy atom. The predicted octanol–water partition coefficient (Wildman–Crippen LogP) is -0.0755. The van der Waals surface area contributed by atoms with Crippen molar-refractivity contribution in [3.63, 3.8) is 0 Å². The number of aromatic nitrogens is 2. The molecule has 3 heterocycles. The van der Waals surface area contributed by atoms with Crippen LogP contribution in [0.2, 0.25) is 0 Å². The van der Waals surface area contributed by atoms with E-state index in [4.69, 9.17) is 4.74 Å². The lowest BCUT2D eigenvalue weighted by Gasteiger charge is -2.33. The molecule has 0 aliphatic carbocycles. The van der Waals surface area contributed by atoms with Crippen molar-refractivity contribution in [2.45, 2.75) is 25.4 Å². The number of hydrogen-bond acceptors (Lipinski definition) is 4. The zero-order valence-electron chi connectivity index (χ0n) is 11.4. The number of imidazole rings is 1. The molecule has 2 aliphatic heterocycles. The van der Waals surface area contributed by atoms with Crippen molar-refractivity contribution in [3.05, 3.63) is 18.7 Å². The third-order valence-electron chi connectivity index (χ3n) is 3.90. The van der Waals surface area contributed by atoms with Gasteiger partial charge in [0.1, 0.15) is 0 Å². The van der Waals surface area contributed by atoms with Crippen molar-refractivity contribution in [3.8, 4) is 0 Å². The van der Waals surface area contributed by atoms with E-state index < -0.39 is 10.2 Å². The Hall–Kier alpha value is -0.960. The first-order valence-electron chi connectivity index (χ1n) is 6.98. The molecule has 0 amide bonds. The molecule has 3 rings (SSSR count). The number of ether oxygens (including phenoxy) is 1. The summed E-state index contributed by atoms with van der Waals surface area (Å²) in [6, 6.07) is 0.0250. The molecule has 8 heteroatoms. The second-order valence-corrected chi connectivity index (χ2v) is 7.07. The van der Waals surface area contributed by atoms with Gasteiger partial charge in [-0.2, -0.15) is 17.0 Å². The molecule has 1 atom stereocenters. The fourth-order valence-electron chi connectivity index (χ4n) is 2.86. The van der Waals surface area contributed by atoms with E-state index in [0.29, 0.717) is 39.4 Å². The van der Waals surface area contributed by atoms with Crippen LogP contribution in [-0.2, 0) is 21.5 Å². The fourth-order valence-corrected chi connectivity index (χ4v) is 4.67. The Morgan fingerprint density at radius 1 is 1.25 bits per heavy atom. The van der Waals surface area contributed by atoms with Crippen molar-refractivity contribution < 1.29 is 13.2 Å². The molecule has 0 N–H and O–H groups in total. The molecule has 112 valence electrons. The van der Waals surface area contributed by atoms with Crippen LogP contribution in [0.4, 0.5) is 0 Å². The van der Waals surface area contributed by atoms with Crippen LogP contribution in [0, 0.1) is 0 Å². The highest BCUT2D eigenvalue weighted by molar-refractivity contribution is 7.86. The van der Waals surface area contributed by atoms with Gasteiger partial charge in [0.25, 0.3) is 10.2 Å². The normalized spacial score (nSPS) is 26.1. The second-order valence-electron chi connectivity index (χ2n) is 5.19. The van der Waals surface area contributed by atoms with E-state index in [2.05, 4.69) is 4.98 Å². The van der Waals surface area contributed by atoms with E-state index in [1.165, 1.54) is 0 Å². The molecule has 2 aliphatic rings. The summed E-state index contributed by atoms with van der Waals surface area (Å²) in [5.41, 5.74) is 0. The number of morpholine rings is 1. The maximum absolute atomic E-state index is 12.7. The molecule has 1 aromatic heterocycles. The summed E-state index contributed by atoms with van der Waals surface area (Å²) >= 11 is 0. The average molecular weight is 300 g/mol. The number of hydrogen-bond donors (Lipinski definition) is 0. The minimum absolute atomic E-state index is 0.0250. The van der Waals surface area contributed by atoms with Gasteiger partial charge >= 0.3 is 0 Å². The van der Waals surface area contributed by atoms with Crippen molar-refractivity contribution in [2.75, 3.05) is 32.8 Å². The van der Waals surface area contributed by atoms with Crippen LogP contribution in [0.25, 0.3) is 0 Å². The lowest BCUT2D eigenvalue weighted by atomic mass is 10.2. The Bertz CT molecular complexity index is 525. The molecule has 2 fully saturated rings. The summed E-state index contributed by atoms with van der Waals surface area (Å²) in [4.78, 5) is 4.01. The first-order chi connectivity index (χ1) is 9.68. The van der Waals surface area contributed by atoms with Gasteiger partial charge in [0.05, 0.1) is 19.5 Å². The van der Waals surface area contributed by atoms with Crippen LogP contribution in [0.3, 0.4) is 0 Å². The summed E-state index contributed by atoms with van der Waals surface area (Å²) in [6.45, 7) is 3.16. The van der Waals surface area contributed by atoms with Crippen LogP contribution >= 0.6 is 0 Å². The predicted molar refractivity (Wildman–Crippen MR) is 73.3 cm³/mol. The molecular weight excluding hydrogens is 280 g/mol. The van der Waals surface area contributed by atoms with Gasteiger partial charge in [-0.05, 0) is 12.8 Å². The van der Waals surface area contributed by atoms with Gasteiger partial charge in [0.2, 0.25) is 0 Å². The lowest BCUT2D eigenvalue weighted by Crippen LogP contribution is -2.50. The molecule has 0 radical (unpaired) electrons. The molecule has 0 aromatic carbocycles. The van der Waals surface area contributed by atoms with Gasteiger partial charge < -0.3 is 9.30 Å². The molecule has 2 saturated heterocycles. The summed E-state index contributed by atoms with van der Waals surface area (Å²) in [5, 5.41) is 0. The van der Waals surface area contributed by atoms with E-state index in [1.54, 1.807) is 21.1 Å². The Balaban J connectivity index is 1.73. The molecule has 1 aromatic rings. The van der Waals surface area contributed by atoms with E-state index >= 15 is 0 Å². The first kappa shape index (κ1) is 14.0. The minimum atomic E-state index is -3.36. The monoisotopic (exact) mass is 300 g/mol. The Labute approximate surface area is 119 Å². The van der Waals surface area contributed by atoms with Gasteiger partial charge in [-0.15, -0.1) is 0 Å². The molecule has 0 bridgehead atoms. The van der Waals surface area contributed by atoms with Crippen LogP contribution in [0.5, 0.6) is 0 Å². The van der Waals surface area contributed by atoms with E-state index in [0.717, 1.165) is 12.8 Å². The summed E-state index contributed by atoms with van der Waals surface area (Å²) in [7, 11) is -3.36. The molecule has 7 nitrogen and oxygen atoms in total. The van der Waals surface area contributed by atoms with E-state index in [-0.39, 0.29) is 6.04 Å². The molecular formula is C12H20N4O3S. The van der Waals surface area contributed by atoms with Crippen molar-refractivity contribution in [2.24, 2.45) is 0 Å². The summed E-state index contributed by atoms with van der Waals surface area (Å²) < 4.78 is 35.8. The minimum Gasteiger partial charge on any atom is -0.379 e. The highest BCUT2D eigenvalue weighted by Crippen LogP contribution is 2.25. The van der Waals surface area contributed by atoms with Crippen LogP contribution < -0.4 is 0 Å². The zero-order chi connectivity index (χ0) is 14.0. The van der Waals surface area contributed by atoms with Crippen LogP contribution in [0.15, 0.2) is 18.7 Å². The Morgan fingerprint density at radius 2 is 2.05 bits per heavy atom. The molecule has 1 unspecified atom stereocenters. The van der Waals surface area contributed by atoms with E-state index in [1.807, 2.05) is 10.8 Å². The first-order valence-corrected chi connectivity index (χ1v) is 8.38. The average Bonchev–Trinajstić information content (AvgIpc) is 3.12. The molecule has 0 saturated carbocycles. The third-order valence-corrected chi connectivity index (χ3v) is 5.99. The van der Waals surface area contributed by atoms with Crippen molar-refractivity contribution in [1.82, 2.24) is 18.2 Å². The lowest BCUT2D eigenvalue weighted by molar-refractivity contribution is 0.0697. The number of nitrogens with zero attached hydrogens (tertiary/aromatic N) is 4. The Kier molecular flexibility index (Phi) is 4.06. The number of rotatable bonds is 4. The molecule has 20 heavy (non-hydrogen) atoms. The van der Waals surface area contributed by atoms with Crippen molar-refractivity contribution >= 4 is 10.2 Å². The fraction of sp³-hybridized carbons (Fsp3) is 0.750. The highest BCUT2D eigenvalue weighted by Gasteiger charge is 2.38. The third kappa shape index (κ3) is 2.73. The van der Waals surface area contributed by atoms with Crippen molar-refractivity contribution in [1.29, 1.82) is 0 Å². The standard InChI is InChI=1S/C12H20N4O3S/c17-20(18,15-6-8-19-9-7-15)16-4-1-2-12(16)10-14-5-3-13-11-14/h3,5,11-12H,1-2,4,6-10H2. The highest BCUT2D eigenvalue weighted by atomic mass is 32.2. The maximum Gasteiger partial charge on any atom is 0.282 e. The quantitative estimate of drug-likeness (QED) is 0.780. The smallest absolute Gasteiger partial charge is 0.282 e. The van der Waals surface area contributed by atoms with Gasteiger partial charge in [-0.3, -0.25) is 0 Å². The maximum atomic E-state index is 12.7. The zero-order valence-corrected chi connectivity index (χ0v) is 12.2. The SMILES string of the molecule is O=S(=O)(N1CCOCC1)N1CCCC1Cn1ccnc1. The van der Waals surface area contributed by atoms with Gasteiger partial charge in [-0.1, -0.05) is 0 Å². The van der Waals surface area contributed by atoms with Crippen LogP contribution in [-0.4, -0.2) is 65.5 Å². The van der Waals surface area contributed by atoms with Gasteiger partial charge in [0.15, 0.2) is 0 Å². The second kappa shape index (κ2) is 5.80. The van der Waals surface area contributed by atoms with Crippen LogP contribution in [0.1, 0.15) is 12.8 Å². The summed E-state index contributed by atoms with van der Waals surface area (Å²) in [5.74, 6) is 0. The van der Waals surface area contributed by atoms with Gasteiger partial charge in [-0.25, -0.2) is 4.98 Å². The molecule has 0 spiro atoms. The van der Waals surface area contributed by atoms with E-state index in [9.17, 15) is 8.42 Å². The van der Waals surface area contributed by atoms with Gasteiger partial charge in [0, 0.05) is 44.6 Å². The summed E-state index contributed by atoms with van der Waals surface area (Å²) in [6.07, 6.45) is 7.15.